The van der Waals surface area contributed by atoms with Crippen molar-refractivity contribution in [2.45, 2.75) is 26.7 Å². The first-order chi connectivity index (χ1) is 13.6. The number of aryl methyl sites for hydroxylation is 1. The molecule has 0 aliphatic carbocycles. The first-order valence-electron chi connectivity index (χ1n) is 9.51. The van der Waals surface area contributed by atoms with E-state index in [9.17, 15) is 4.79 Å². The molecular weight excluding hydrogens is 346 g/mol. The van der Waals surface area contributed by atoms with Gasteiger partial charge in [-0.05, 0) is 49.4 Å². The van der Waals surface area contributed by atoms with Gasteiger partial charge in [0.2, 0.25) is 5.91 Å². The highest BCUT2D eigenvalue weighted by molar-refractivity contribution is 6.02. The molecule has 0 atom stereocenters. The second-order valence-corrected chi connectivity index (χ2v) is 6.97. The number of hydrogen-bond acceptors (Lipinski definition) is 2. The summed E-state index contributed by atoms with van der Waals surface area (Å²) in [5.74, 6) is 0.0163. The number of carbonyl (C=O) groups is 1. The van der Waals surface area contributed by atoms with Crippen molar-refractivity contribution < 1.29 is 4.79 Å². The summed E-state index contributed by atoms with van der Waals surface area (Å²) in [5.41, 5.74) is 5.09. The van der Waals surface area contributed by atoms with Crippen LogP contribution < -0.4 is 5.32 Å². The Morgan fingerprint density at radius 3 is 2.46 bits per heavy atom. The number of aromatic nitrogens is 2. The molecule has 0 unspecified atom stereocenters. The fourth-order valence-electron chi connectivity index (χ4n) is 3.64. The summed E-state index contributed by atoms with van der Waals surface area (Å²) in [6.45, 7) is 4.06. The molecule has 0 aliphatic rings. The van der Waals surface area contributed by atoms with Crippen LogP contribution in [0.5, 0.6) is 0 Å². The third-order valence-electron chi connectivity index (χ3n) is 5.11. The van der Waals surface area contributed by atoms with E-state index in [2.05, 4.69) is 29.5 Å². The predicted molar refractivity (Wildman–Crippen MR) is 114 cm³/mol. The summed E-state index contributed by atoms with van der Waals surface area (Å²) in [6.07, 6.45) is 1.09. The zero-order valence-electron chi connectivity index (χ0n) is 16.1. The smallest absolute Gasteiger partial charge is 0.224 e. The number of benzene rings is 3. The number of nitrogens with one attached hydrogen (secondary N) is 1. The topological polar surface area (TPSA) is 46.9 Å². The van der Waals surface area contributed by atoms with Crippen molar-refractivity contribution in [2.75, 3.05) is 5.32 Å². The second kappa shape index (κ2) is 7.69. The van der Waals surface area contributed by atoms with Gasteiger partial charge >= 0.3 is 0 Å². The summed E-state index contributed by atoms with van der Waals surface area (Å²) in [5, 5.41) is 9.91. The van der Waals surface area contributed by atoms with Crippen molar-refractivity contribution in [1.82, 2.24) is 9.78 Å². The number of fused-ring (bicyclic) bond motifs is 1. The zero-order chi connectivity index (χ0) is 19.5. The van der Waals surface area contributed by atoms with Crippen LogP contribution in [0.2, 0.25) is 0 Å². The van der Waals surface area contributed by atoms with Crippen LogP contribution in [0, 0.1) is 13.8 Å². The average molecular weight is 369 g/mol. The van der Waals surface area contributed by atoms with Crippen molar-refractivity contribution in [1.29, 1.82) is 0 Å². The zero-order valence-corrected chi connectivity index (χ0v) is 16.1. The molecular formula is C24H23N3O. The highest BCUT2D eigenvalue weighted by Crippen LogP contribution is 2.24. The molecule has 4 heteroatoms. The Morgan fingerprint density at radius 2 is 1.64 bits per heavy atom. The van der Waals surface area contributed by atoms with E-state index >= 15 is 0 Å². The number of carbonyl (C=O) groups excluding carboxylic acids is 1. The number of rotatable bonds is 5. The summed E-state index contributed by atoms with van der Waals surface area (Å²) >= 11 is 0. The molecule has 0 bridgehead atoms. The lowest BCUT2D eigenvalue weighted by Crippen LogP contribution is -2.13. The van der Waals surface area contributed by atoms with E-state index in [1.807, 2.05) is 72.3 Å². The SMILES string of the molecule is Cc1nn(-c2ccccc2)c(C)c1CCC(=O)Nc1cccc2ccccc12. The van der Waals surface area contributed by atoms with Gasteiger partial charge in [-0.3, -0.25) is 4.79 Å². The van der Waals surface area contributed by atoms with Gasteiger partial charge in [0.1, 0.15) is 0 Å². The van der Waals surface area contributed by atoms with Crippen LogP contribution >= 0.6 is 0 Å². The predicted octanol–water partition coefficient (Wildman–Crippen LogP) is 5.21. The molecule has 0 fully saturated rings. The lowest BCUT2D eigenvalue weighted by molar-refractivity contribution is -0.116. The molecule has 1 N–H and O–H groups in total. The monoisotopic (exact) mass is 369 g/mol. The van der Waals surface area contributed by atoms with Crippen molar-refractivity contribution in [3.8, 4) is 5.69 Å². The summed E-state index contributed by atoms with van der Waals surface area (Å²) < 4.78 is 1.95. The second-order valence-electron chi connectivity index (χ2n) is 6.97. The minimum Gasteiger partial charge on any atom is -0.326 e. The van der Waals surface area contributed by atoms with Crippen molar-refractivity contribution >= 4 is 22.4 Å². The quantitative estimate of drug-likeness (QED) is 0.525. The lowest BCUT2D eigenvalue weighted by Gasteiger charge is -2.09. The maximum Gasteiger partial charge on any atom is 0.224 e. The third-order valence-corrected chi connectivity index (χ3v) is 5.11. The third kappa shape index (κ3) is 3.54. The van der Waals surface area contributed by atoms with Gasteiger partial charge < -0.3 is 5.32 Å². The minimum atomic E-state index is 0.0163. The van der Waals surface area contributed by atoms with Gasteiger partial charge in [0.25, 0.3) is 0 Å². The lowest BCUT2D eigenvalue weighted by atomic mass is 10.1. The molecule has 0 saturated carbocycles. The Balaban J connectivity index is 1.49. The molecule has 1 heterocycles. The maximum absolute atomic E-state index is 12.6. The van der Waals surface area contributed by atoms with E-state index in [1.54, 1.807) is 0 Å². The number of anilines is 1. The van der Waals surface area contributed by atoms with Crippen LogP contribution in [0.25, 0.3) is 16.5 Å². The molecule has 1 aromatic heterocycles. The largest absolute Gasteiger partial charge is 0.326 e. The molecule has 1 amide bonds. The Kier molecular flexibility index (Phi) is 4.94. The van der Waals surface area contributed by atoms with Crippen LogP contribution in [0.4, 0.5) is 5.69 Å². The molecule has 0 spiro atoms. The number of hydrogen-bond donors (Lipinski definition) is 1. The Hall–Kier alpha value is -3.40. The summed E-state index contributed by atoms with van der Waals surface area (Å²) in [6, 6.07) is 24.1. The van der Waals surface area contributed by atoms with Gasteiger partial charge in [0.05, 0.1) is 11.4 Å². The Bertz CT molecular complexity index is 1120. The number of amides is 1. The first-order valence-corrected chi connectivity index (χ1v) is 9.51. The van der Waals surface area contributed by atoms with Gasteiger partial charge in [0.15, 0.2) is 0 Å². The maximum atomic E-state index is 12.6. The number of para-hydroxylation sites is 1. The molecule has 4 aromatic rings. The summed E-state index contributed by atoms with van der Waals surface area (Å²) in [7, 11) is 0. The van der Waals surface area contributed by atoms with Gasteiger partial charge in [-0.1, -0.05) is 54.6 Å². The van der Waals surface area contributed by atoms with Gasteiger partial charge in [-0.25, -0.2) is 4.68 Å². The molecule has 0 saturated heterocycles. The van der Waals surface area contributed by atoms with E-state index in [1.165, 1.54) is 0 Å². The molecule has 4 rings (SSSR count). The fourth-order valence-corrected chi connectivity index (χ4v) is 3.64. The van der Waals surface area contributed by atoms with Crippen molar-refractivity contribution in [3.05, 3.63) is 89.7 Å². The van der Waals surface area contributed by atoms with Crippen molar-refractivity contribution in [2.24, 2.45) is 0 Å². The molecule has 140 valence electrons. The average Bonchev–Trinajstić information content (AvgIpc) is 3.01. The molecule has 3 aromatic carbocycles. The van der Waals surface area contributed by atoms with Crippen molar-refractivity contribution in [3.63, 3.8) is 0 Å². The minimum absolute atomic E-state index is 0.0163. The van der Waals surface area contributed by atoms with Crippen LogP contribution in [0.1, 0.15) is 23.4 Å². The molecule has 0 aliphatic heterocycles. The van der Waals surface area contributed by atoms with E-state index in [0.717, 1.165) is 39.1 Å². The van der Waals surface area contributed by atoms with E-state index in [-0.39, 0.29) is 5.91 Å². The highest BCUT2D eigenvalue weighted by atomic mass is 16.1. The van der Waals surface area contributed by atoms with Crippen LogP contribution in [0.3, 0.4) is 0 Å². The van der Waals surface area contributed by atoms with Gasteiger partial charge in [0, 0.05) is 23.2 Å². The van der Waals surface area contributed by atoms with E-state index in [4.69, 9.17) is 0 Å². The van der Waals surface area contributed by atoms with Crippen LogP contribution in [-0.4, -0.2) is 15.7 Å². The molecule has 0 radical (unpaired) electrons. The Labute approximate surface area is 164 Å². The van der Waals surface area contributed by atoms with Gasteiger partial charge in [-0.15, -0.1) is 0 Å². The van der Waals surface area contributed by atoms with Crippen LogP contribution in [-0.2, 0) is 11.2 Å². The summed E-state index contributed by atoms with van der Waals surface area (Å²) in [4.78, 5) is 12.6. The normalized spacial score (nSPS) is 10.9. The fraction of sp³-hybridized carbons (Fsp3) is 0.167. The molecule has 4 nitrogen and oxygen atoms in total. The van der Waals surface area contributed by atoms with E-state index in [0.29, 0.717) is 12.8 Å². The highest BCUT2D eigenvalue weighted by Gasteiger charge is 2.14. The Morgan fingerprint density at radius 1 is 0.929 bits per heavy atom. The van der Waals surface area contributed by atoms with Gasteiger partial charge in [-0.2, -0.15) is 5.10 Å². The first kappa shape index (κ1) is 18.0. The number of nitrogens with zero attached hydrogens (tertiary/aromatic N) is 2. The standard InChI is InChI=1S/C24H23N3O/c1-17-21(18(2)27(26-17)20-11-4-3-5-12-20)15-16-24(28)25-23-14-8-10-19-9-6-7-13-22(19)23/h3-14H,15-16H2,1-2H3,(H,25,28). The van der Waals surface area contributed by atoms with E-state index < -0.39 is 0 Å². The molecule has 28 heavy (non-hydrogen) atoms. The van der Waals surface area contributed by atoms with Crippen LogP contribution in [0.15, 0.2) is 72.8 Å².